The molecule has 2 fully saturated rings. The highest BCUT2D eigenvalue weighted by molar-refractivity contribution is 7.88. The fourth-order valence-corrected chi connectivity index (χ4v) is 11.6. The number of benzene rings is 2. The third-order valence-electron chi connectivity index (χ3n) is 13.6. The molecule has 2 aromatic carbocycles. The molecular formula is C47H54Cl2F6N14O4S2. The number of anilines is 3. The number of nitrogens with zero attached hydrogens (tertiary/aromatic N) is 12. The number of halogens is 8. The summed E-state index contributed by atoms with van der Waals surface area (Å²) < 4.78 is 144. The summed E-state index contributed by atoms with van der Waals surface area (Å²) in [6, 6.07) is 7.03. The zero-order valence-corrected chi connectivity index (χ0v) is 44.8. The van der Waals surface area contributed by atoms with Gasteiger partial charge in [0.05, 0.1) is 33.9 Å². The van der Waals surface area contributed by atoms with Gasteiger partial charge in [0.1, 0.15) is 46.6 Å². The van der Waals surface area contributed by atoms with Crippen LogP contribution >= 0.6 is 23.2 Å². The minimum Gasteiger partial charge on any atom is -0.351 e. The van der Waals surface area contributed by atoms with Crippen LogP contribution in [0.25, 0.3) is 34.2 Å². The van der Waals surface area contributed by atoms with E-state index in [1.165, 1.54) is 42.8 Å². The average Bonchev–Trinajstić information content (AvgIpc) is 4.05. The summed E-state index contributed by atoms with van der Waals surface area (Å²) in [6.45, 7) is 4.24. The Labute approximate surface area is 440 Å². The molecule has 2 atom stereocenters. The number of hydrogen-bond donors (Lipinski definition) is 2. The van der Waals surface area contributed by atoms with Crippen LogP contribution in [0, 0.1) is 0 Å². The van der Waals surface area contributed by atoms with Crippen molar-refractivity contribution in [1.82, 2.24) is 57.9 Å². The number of imidazole rings is 2. The van der Waals surface area contributed by atoms with E-state index in [9.17, 15) is 30.0 Å². The quantitative estimate of drug-likeness (QED) is 0.0929. The lowest BCUT2D eigenvalue weighted by atomic mass is 10.0. The molecule has 0 spiro atoms. The van der Waals surface area contributed by atoms with Gasteiger partial charge in [-0.2, -0.15) is 26.3 Å². The molecule has 404 valence electrons. The lowest BCUT2D eigenvalue weighted by Gasteiger charge is -2.38. The van der Waals surface area contributed by atoms with E-state index in [2.05, 4.69) is 40.5 Å². The van der Waals surface area contributed by atoms with E-state index < -0.39 is 67.0 Å². The first-order chi connectivity index (χ1) is 35.1. The molecule has 75 heavy (non-hydrogen) atoms. The van der Waals surface area contributed by atoms with Crippen molar-refractivity contribution in [2.24, 2.45) is 0 Å². The summed E-state index contributed by atoms with van der Waals surface area (Å²) >= 11 is 14.1. The number of piperidine rings is 2. The van der Waals surface area contributed by atoms with E-state index in [1.807, 2.05) is 32.0 Å². The van der Waals surface area contributed by atoms with Crippen LogP contribution in [-0.2, 0) is 32.4 Å². The van der Waals surface area contributed by atoms with Gasteiger partial charge in [0.15, 0.2) is 0 Å². The van der Waals surface area contributed by atoms with Gasteiger partial charge >= 0.3 is 12.4 Å². The topological polar surface area (TPSA) is 192 Å². The van der Waals surface area contributed by atoms with E-state index in [-0.39, 0.29) is 85.1 Å². The van der Waals surface area contributed by atoms with Gasteiger partial charge in [0, 0.05) is 80.8 Å². The number of aromatic nitrogens is 8. The van der Waals surface area contributed by atoms with E-state index in [4.69, 9.17) is 23.2 Å². The zero-order valence-electron chi connectivity index (χ0n) is 41.7. The molecule has 0 bridgehead atoms. The van der Waals surface area contributed by atoms with Gasteiger partial charge in [0.2, 0.25) is 31.9 Å². The molecule has 0 radical (unpaired) electrons. The first-order valence-corrected chi connectivity index (χ1v) is 28.0. The molecule has 0 aliphatic carbocycles. The van der Waals surface area contributed by atoms with Gasteiger partial charge in [-0.1, -0.05) is 35.3 Å². The minimum atomic E-state index is -4.95. The van der Waals surface area contributed by atoms with Crippen LogP contribution in [0.5, 0.6) is 0 Å². The molecule has 2 aliphatic heterocycles. The van der Waals surface area contributed by atoms with E-state index >= 15 is 13.2 Å². The van der Waals surface area contributed by atoms with Crippen LogP contribution in [0.15, 0.2) is 67.8 Å². The third-order valence-corrected chi connectivity index (χ3v) is 17.0. The Morgan fingerprint density at radius 2 is 1.23 bits per heavy atom. The van der Waals surface area contributed by atoms with Crippen LogP contribution in [0.2, 0.25) is 10.0 Å². The zero-order chi connectivity index (χ0) is 54.5. The van der Waals surface area contributed by atoms with E-state index in [1.54, 1.807) is 43.1 Å². The third kappa shape index (κ3) is 12.1. The summed E-state index contributed by atoms with van der Waals surface area (Å²) in [4.78, 5) is 29.4. The maximum absolute atomic E-state index is 15.0. The van der Waals surface area contributed by atoms with Crippen LogP contribution in [0.3, 0.4) is 0 Å². The summed E-state index contributed by atoms with van der Waals surface area (Å²) in [5.74, 6) is -0.339. The van der Waals surface area contributed by atoms with Gasteiger partial charge in [-0.05, 0) is 90.0 Å². The van der Waals surface area contributed by atoms with Crippen LogP contribution < -0.4 is 15.5 Å². The molecule has 18 nitrogen and oxygen atoms in total. The van der Waals surface area contributed by atoms with Gasteiger partial charge in [-0.15, -0.1) is 0 Å². The van der Waals surface area contributed by atoms with E-state index in [0.717, 1.165) is 18.1 Å². The van der Waals surface area contributed by atoms with Gasteiger partial charge in [-0.3, -0.25) is 0 Å². The van der Waals surface area contributed by atoms with Crippen molar-refractivity contribution in [3.8, 4) is 34.2 Å². The molecule has 8 rings (SSSR count). The number of sulfonamides is 2. The molecule has 2 unspecified atom stereocenters. The van der Waals surface area contributed by atoms with E-state index in [0.29, 0.717) is 47.2 Å². The van der Waals surface area contributed by atoms with Crippen molar-refractivity contribution in [2.75, 3.05) is 70.1 Å². The largest absolute Gasteiger partial charge is 0.420 e. The van der Waals surface area contributed by atoms with Crippen molar-refractivity contribution in [2.45, 2.75) is 76.1 Å². The molecule has 2 N–H and O–H groups in total. The second-order valence-corrected chi connectivity index (χ2v) is 23.5. The fourth-order valence-electron chi connectivity index (χ4n) is 9.09. The molecule has 6 aromatic rings. The second kappa shape index (κ2) is 21.5. The Bertz CT molecular complexity index is 3290. The number of alkyl halides is 6. The monoisotopic (exact) mass is 1130 g/mol. The lowest BCUT2D eigenvalue weighted by molar-refractivity contribution is -0.138. The molecule has 2 aliphatic rings. The van der Waals surface area contributed by atoms with Gasteiger partial charge < -0.3 is 29.6 Å². The van der Waals surface area contributed by atoms with Crippen molar-refractivity contribution in [3.05, 3.63) is 100 Å². The number of nitrogens with one attached hydrogen (secondary N) is 2. The Balaban J connectivity index is 1.24. The fraction of sp³-hybridized carbons (Fsp3) is 0.447. The van der Waals surface area contributed by atoms with Gasteiger partial charge in [-0.25, -0.2) is 55.3 Å². The van der Waals surface area contributed by atoms with Crippen molar-refractivity contribution in [3.63, 3.8) is 0 Å². The lowest BCUT2D eigenvalue weighted by Crippen LogP contribution is -2.45. The highest BCUT2D eigenvalue weighted by Crippen LogP contribution is 2.43. The maximum Gasteiger partial charge on any atom is 0.420 e. The summed E-state index contributed by atoms with van der Waals surface area (Å²) in [5.41, 5.74) is -1.69. The molecule has 2 saturated heterocycles. The molecular weight excluding hydrogens is 1070 g/mol. The Morgan fingerprint density at radius 1 is 0.707 bits per heavy atom. The smallest absolute Gasteiger partial charge is 0.351 e. The number of rotatable bonds is 15. The standard InChI is InChI=1S/C47H54Cl2F6N14O4S2/c1-27(56-3)33-19-31(20-39(41(33)49)66-24-36(60-26-66)42-34(46(50,51)52)21-57-44(62-42)61-29-11-15-67(16-12-29)74(6,70)71)69(30-13-17-68(18-14-30)75(7,72)73)45-58-22-35(47(53,54)55)43(63-45)37-23-65(25-59-37)38-10-8-9-32(40(38)48)28(2)64(4)5/h8-10,19-30,56H,11-18H2,1-7H3,(H,57,61,62). The highest BCUT2D eigenvalue weighted by atomic mass is 35.5. The predicted octanol–water partition coefficient (Wildman–Crippen LogP) is 8.62. The predicted molar refractivity (Wildman–Crippen MR) is 273 cm³/mol. The number of hydrogen-bond acceptors (Lipinski definition) is 14. The SMILES string of the molecule is CNC(C)c1cc(N(c2ncc(C(F)(F)F)c(-c3cn(-c4cccc(C(C)N(C)C)c4Cl)cn3)n2)C2CCN(S(C)(=O)=O)CC2)cc(-n2cnc(-c3nc(NC4CCN(S(C)(=O)=O)CC4)ncc3C(F)(F)F)c2)c1Cl. The normalized spacial score (nSPS) is 16.9. The Kier molecular flexibility index (Phi) is 16.0. The first-order valence-electron chi connectivity index (χ1n) is 23.5. The van der Waals surface area contributed by atoms with Crippen molar-refractivity contribution in [1.29, 1.82) is 0 Å². The van der Waals surface area contributed by atoms with Crippen LogP contribution in [0.1, 0.15) is 73.9 Å². The van der Waals surface area contributed by atoms with Crippen molar-refractivity contribution >= 4 is 60.8 Å². The van der Waals surface area contributed by atoms with Crippen LogP contribution in [-0.4, -0.2) is 141 Å². The molecule has 0 saturated carbocycles. The molecule has 4 aromatic heterocycles. The van der Waals surface area contributed by atoms with Crippen molar-refractivity contribution < 1.29 is 43.2 Å². The summed E-state index contributed by atoms with van der Waals surface area (Å²) in [5, 5.41) is 6.68. The molecule has 0 amide bonds. The average molecular weight is 1130 g/mol. The minimum absolute atomic E-state index is 0.0480. The highest BCUT2D eigenvalue weighted by Gasteiger charge is 2.40. The second-order valence-electron chi connectivity index (χ2n) is 18.8. The summed E-state index contributed by atoms with van der Waals surface area (Å²) in [7, 11) is -1.62. The van der Waals surface area contributed by atoms with Crippen LogP contribution in [0.4, 0.5) is 43.9 Å². The molecule has 28 heteroatoms. The first kappa shape index (κ1) is 55.7. The Morgan fingerprint density at radius 3 is 1.76 bits per heavy atom. The maximum atomic E-state index is 15.0. The van der Waals surface area contributed by atoms with Gasteiger partial charge in [0.25, 0.3) is 0 Å². The summed E-state index contributed by atoms with van der Waals surface area (Å²) in [6.07, 6.45) is -0.0652. The Hall–Kier alpha value is -5.48. The molecule has 6 heterocycles.